The number of aromatic nitrogens is 2. The van der Waals surface area contributed by atoms with Crippen LogP contribution >= 0.6 is 0 Å². The molecule has 1 aromatic carbocycles. The van der Waals surface area contributed by atoms with Crippen LogP contribution in [0.25, 0.3) is 11.3 Å². The van der Waals surface area contributed by atoms with Gasteiger partial charge in [-0.05, 0) is 32.4 Å². The molecule has 2 rings (SSSR count). The SMILES string of the molecule is CNc1nc(-c2cc(C)ccc2C)c(C)[nH]1. The lowest BCUT2D eigenvalue weighted by molar-refractivity contribution is 1.23. The fraction of sp³-hybridized carbons (Fsp3) is 0.308. The third kappa shape index (κ3) is 1.81. The molecule has 0 amide bonds. The van der Waals surface area contributed by atoms with Gasteiger partial charge in [0.15, 0.2) is 0 Å². The second kappa shape index (κ2) is 4.00. The number of aryl methyl sites for hydroxylation is 3. The van der Waals surface area contributed by atoms with Crippen molar-refractivity contribution in [2.75, 3.05) is 12.4 Å². The number of nitrogens with zero attached hydrogens (tertiary/aromatic N) is 1. The molecule has 3 heteroatoms. The average Bonchev–Trinajstić information content (AvgIpc) is 2.63. The summed E-state index contributed by atoms with van der Waals surface area (Å²) in [6, 6.07) is 6.44. The van der Waals surface area contributed by atoms with Crippen LogP contribution in [0.15, 0.2) is 18.2 Å². The highest BCUT2D eigenvalue weighted by atomic mass is 15.1. The highest BCUT2D eigenvalue weighted by Gasteiger charge is 2.10. The van der Waals surface area contributed by atoms with Crippen LogP contribution in [0, 0.1) is 20.8 Å². The summed E-state index contributed by atoms with van der Waals surface area (Å²) in [6.07, 6.45) is 0. The zero-order valence-electron chi connectivity index (χ0n) is 10.2. The maximum atomic E-state index is 4.53. The van der Waals surface area contributed by atoms with Crippen LogP contribution in [0.5, 0.6) is 0 Å². The largest absolute Gasteiger partial charge is 0.359 e. The van der Waals surface area contributed by atoms with Gasteiger partial charge in [0.05, 0.1) is 5.69 Å². The Morgan fingerprint density at radius 3 is 2.56 bits per heavy atom. The zero-order valence-corrected chi connectivity index (χ0v) is 10.2. The quantitative estimate of drug-likeness (QED) is 0.808. The Morgan fingerprint density at radius 2 is 1.94 bits per heavy atom. The number of anilines is 1. The zero-order chi connectivity index (χ0) is 11.7. The molecule has 2 N–H and O–H groups in total. The van der Waals surface area contributed by atoms with Crippen molar-refractivity contribution in [3.63, 3.8) is 0 Å². The minimum absolute atomic E-state index is 0.813. The summed E-state index contributed by atoms with van der Waals surface area (Å²) < 4.78 is 0. The summed E-state index contributed by atoms with van der Waals surface area (Å²) in [5, 5.41) is 3.03. The van der Waals surface area contributed by atoms with Gasteiger partial charge < -0.3 is 10.3 Å². The Balaban J connectivity index is 2.57. The summed E-state index contributed by atoms with van der Waals surface area (Å²) in [7, 11) is 1.87. The third-order valence-corrected chi connectivity index (χ3v) is 2.77. The van der Waals surface area contributed by atoms with Gasteiger partial charge in [0.1, 0.15) is 0 Å². The van der Waals surface area contributed by atoms with Crippen LogP contribution < -0.4 is 5.32 Å². The third-order valence-electron chi connectivity index (χ3n) is 2.77. The van der Waals surface area contributed by atoms with E-state index in [1.54, 1.807) is 0 Å². The van der Waals surface area contributed by atoms with Crippen LogP contribution in [0.2, 0.25) is 0 Å². The molecule has 0 aliphatic carbocycles. The first kappa shape index (κ1) is 10.7. The monoisotopic (exact) mass is 215 g/mol. The molecule has 0 bridgehead atoms. The first-order valence-electron chi connectivity index (χ1n) is 5.44. The lowest BCUT2D eigenvalue weighted by Gasteiger charge is -2.05. The number of imidazole rings is 1. The fourth-order valence-electron chi connectivity index (χ4n) is 1.83. The van der Waals surface area contributed by atoms with Gasteiger partial charge >= 0.3 is 0 Å². The standard InChI is InChI=1S/C13H17N3/c1-8-5-6-9(2)11(7-8)12-10(3)15-13(14-4)16-12/h5-7H,1-4H3,(H2,14,15,16). The van der Waals surface area contributed by atoms with Gasteiger partial charge in [-0.2, -0.15) is 0 Å². The molecular formula is C13H17N3. The van der Waals surface area contributed by atoms with E-state index in [4.69, 9.17) is 0 Å². The molecule has 16 heavy (non-hydrogen) atoms. The molecule has 1 aromatic heterocycles. The van der Waals surface area contributed by atoms with E-state index < -0.39 is 0 Å². The normalized spacial score (nSPS) is 10.5. The van der Waals surface area contributed by atoms with E-state index in [9.17, 15) is 0 Å². The van der Waals surface area contributed by atoms with Crippen molar-refractivity contribution in [1.82, 2.24) is 9.97 Å². The van der Waals surface area contributed by atoms with Gasteiger partial charge in [0.25, 0.3) is 0 Å². The molecule has 0 unspecified atom stereocenters. The summed E-state index contributed by atoms with van der Waals surface area (Å²) in [5.74, 6) is 0.813. The van der Waals surface area contributed by atoms with Crippen LogP contribution in [0.4, 0.5) is 5.95 Å². The highest BCUT2D eigenvalue weighted by molar-refractivity contribution is 5.68. The highest BCUT2D eigenvalue weighted by Crippen LogP contribution is 2.26. The average molecular weight is 215 g/mol. The van der Waals surface area contributed by atoms with Crippen LogP contribution in [-0.4, -0.2) is 17.0 Å². The van der Waals surface area contributed by atoms with Gasteiger partial charge in [-0.15, -0.1) is 0 Å². The van der Waals surface area contributed by atoms with Crippen LogP contribution in [-0.2, 0) is 0 Å². The Morgan fingerprint density at radius 1 is 1.19 bits per heavy atom. The number of nitrogens with one attached hydrogen (secondary N) is 2. The summed E-state index contributed by atoms with van der Waals surface area (Å²) in [4.78, 5) is 7.75. The number of H-pyrrole nitrogens is 1. The smallest absolute Gasteiger partial charge is 0.200 e. The second-order valence-corrected chi connectivity index (χ2v) is 4.13. The van der Waals surface area contributed by atoms with Gasteiger partial charge in [-0.25, -0.2) is 4.98 Å². The first-order valence-corrected chi connectivity index (χ1v) is 5.44. The van der Waals surface area contributed by atoms with Crippen molar-refractivity contribution in [3.05, 3.63) is 35.0 Å². The van der Waals surface area contributed by atoms with Gasteiger partial charge in [0.2, 0.25) is 5.95 Å². The summed E-state index contributed by atoms with van der Waals surface area (Å²) >= 11 is 0. The molecule has 0 aliphatic rings. The Bertz CT molecular complexity index is 512. The van der Waals surface area contributed by atoms with E-state index >= 15 is 0 Å². The molecule has 1 heterocycles. The van der Waals surface area contributed by atoms with Crippen molar-refractivity contribution in [3.8, 4) is 11.3 Å². The topological polar surface area (TPSA) is 40.7 Å². The predicted octanol–water partition coefficient (Wildman–Crippen LogP) is 3.04. The molecule has 2 aromatic rings. The number of hydrogen-bond acceptors (Lipinski definition) is 2. The van der Waals surface area contributed by atoms with E-state index in [0.29, 0.717) is 0 Å². The van der Waals surface area contributed by atoms with Crippen molar-refractivity contribution in [2.45, 2.75) is 20.8 Å². The second-order valence-electron chi connectivity index (χ2n) is 4.13. The molecule has 0 aliphatic heterocycles. The van der Waals surface area contributed by atoms with Gasteiger partial charge in [0, 0.05) is 18.3 Å². The maximum absolute atomic E-state index is 4.53. The molecule has 0 saturated carbocycles. The van der Waals surface area contributed by atoms with Crippen molar-refractivity contribution < 1.29 is 0 Å². The maximum Gasteiger partial charge on any atom is 0.200 e. The molecule has 0 radical (unpaired) electrons. The number of benzene rings is 1. The molecule has 84 valence electrons. The lowest BCUT2D eigenvalue weighted by atomic mass is 10.0. The fourth-order valence-corrected chi connectivity index (χ4v) is 1.83. The molecule has 3 nitrogen and oxygen atoms in total. The molecule has 0 fully saturated rings. The molecule has 0 atom stereocenters. The summed E-state index contributed by atoms with van der Waals surface area (Å²) in [5.41, 5.74) is 5.84. The number of rotatable bonds is 2. The summed E-state index contributed by atoms with van der Waals surface area (Å²) in [6.45, 7) is 6.26. The first-order chi connectivity index (χ1) is 7.61. The van der Waals surface area contributed by atoms with Gasteiger partial charge in [-0.1, -0.05) is 17.7 Å². The van der Waals surface area contributed by atoms with E-state index in [0.717, 1.165) is 17.3 Å². The molecular weight excluding hydrogens is 198 g/mol. The van der Waals surface area contributed by atoms with Gasteiger partial charge in [-0.3, -0.25) is 0 Å². The van der Waals surface area contributed by atoms with Crippen LogP contribution in [0.3, 0.4) is 0 Å². The lowest BCUT2D eigenvalue weighted by Crippen LogP contribution is -1.90. The van der Waals surface area contributed by atoms with E-state index in [1.807, 2.05) is 14.0 Å². The molecule has 0 spiro atoms. The Labute approximate surface area is 95.9 Å². The van der Waals surface area contributed by atoms with Crippen molar-refractivity contribution in [2.24, 2.45) is 0 Å². The Hall–Kier alpha value is -1.77. The van der Waals surface area contributed by atoms with Crippen LogP contribution in [0.1, 0.15) is 16.8 Å². The van der Waals surface area contributed by atoms with Crippen molar-refractivity contribution in [1.29, 1.82) is 0 Å². The predicted molar refractivity (Wildman–Crippen MR) is 67.8 cm³/mol. The van der Waals surface area contributed by atoms with E-state index in [2.05, 4.69) is 47.3 Å². The van der Waals surface area contributed by atoms with E-state index in [-0.39, 0.29) is 0 Å². The minimum Gasteiger partial charge on any atom is -0.359 e. The minimum atomic E-state index is 0.813. The van der Waals surface area contributed by atoms with Crippen molar-refractivity contribution >= 4 is 5.95 Å². The molecule has 0 saturated heterocycles. The Kier molecular flexibility index (Phi) is 2.69. The van der Waals surface area contributed by atoms with E-state index in [1.165, 1.54) is 16.7 Å². The number of hydrogen-bond donors (Lipinski definition) is 2. The number of aromatic amines is 1.